The minimum Gasteiger partial charge on any atom is -0.420 e. The van der Waals surface area contributed by atoms with Crippen molar-refractivity contribution in [2.45, 2.75) is 18.8 Å². The molecule has 4 rings (SSSR count). The van der Waals surface area contributed by atoms with Crippen molar-refractivity contribution in [1.82, 2.24) is 10.2 Å². The van der Waals surface area contributed by atoms with Crippen molar-refractivity contribution < 1.29 is 9.53 Å². The normalized spacial score (nSPS) is 21.1. The summed E-state index contributed by atoms with van der Waals surface area (Å²) in [6, 6.07) is 7.09. The van der Waals surface area contributed by atoms with Crippen LogP contribution in [0.15, 0.2) is 29.7 Å². The van der Waals surface area contributed by atoms with Gasteiger partial charge in [0.15, 0.2) is 0 Å². The van der Waals surface area contributed by atoms with E-state index in [9.17, 15) is 10.1 Å². The Bertz CT molecular complexity index is 971. The van der Waals surface area contributed by atoms with Crippen LogP contribution in [-0.2, 0) is 16.6 Å². The second-order valence-corrected chi connectivity index (χ2v) is 6.02. The molecule has 120 valence electrons. The number of hydrogen-bond acceptors (Lipinski definition) is 5. The molecule has 2 aliphatic rings. The maximum Gasteiger partial charge on any atom is 0.245 e. The van der Waals surface area contributed by atoms with Crippen molar-refractivity contribution in [2.24, 2.45) is 5.73 Å². The number of nitriles is 1. The number of H-pyrrole nitrogens is 1. The number of halogens is 1. The van der Waals surface area contributed by atoms with Gasteiger partial charge >= 0.3 is 0 Å². The van der Waals surface area contributed by atoms with E-state index >= 15 is 0 Å². The summed E-state index contributed by atoms with van der Waals surface area (Å²) >= 11 is 6.15. The molecule has 4 N–H and O–H groups in total. The Kier molecular flexibility index (Phi) is 2.89. The van der Waals surface area contributed by atoms with Crippen LogP contribution in [-0.4, -0.2) is 16.1 Å². The lowest BCUT2D eigenvalue weighted by molar-refractivity contribution is -0.118. The summed E-state index contributed by atoms with van der Waals surface area (Å²) < 4.78 is 5.48. The molecule has 24 heavy (non-hydrogen) atoms. The van der Waals surface area contributed by atoms with Gasteiger partial charge < -0.3 is 15.8 Å². The summed E-state index contributed by atoms with van der Waals surface area (Å²) in [6.45, 7) is 1.92. The first-order valence-electron chi connectivity index (χ1n) is 7.31. The molecular formula is C16H12ClN5O2. The molecule has 1 aromatic heterocycles. The molecule has 0 fully saturated rings. The van der Waals surface area contributed by atoms with Crippen LogP contribution in [0.1, 0.15) is 23.7 Å². The lowest BCUT2D eigenvalue weighted by atomic mass is 9.69. The monoisotopic (exact) mass is 341 g/mol. The van der Waals surface area contributed by atoms with E-state index in [0.717, 1.165) is 0 Å². The highest BCUT2D eigenvalue weighted by molar-refractivity contribution is 6.31. The SMILES string of the molecule is CCc1[nH]nc2c1[C@@]1(C(=O)Nc3ccc(Cl)cc31)C(C#N)=C(N)O2. The Morgan fingerprint density at radius 3 is 3.00 bits per heavy atom. The first kappa shape index (κ1) is 14.6. The number of nitrogens with zero attached hydrogens (tertiary/aromatic N) is 2. The molecule has 1 spiro atoms. The van der Waals surface area contributed by atoms with Crippen LogP contribution < -0.4 is 15.8 Å². The van der Waals surface area contributed by atoms with Crippen molar-refractivity contribution in [3.63, 3.8) is 0 Å². The van der Waals surface area contributed by atoms with Crippen LogP contribution in [0, 0.1) is 11.3 Å². The zero-order valence-corrected chi connectivity index (χ0v) is 13.4. The molecule has 7 nitrogen and oxygen atoms in total. The van der Waals surface area contributed by atoms with E-state index in [2.05, 4.69) is 15.5 Å². The van der Waals surface area contributed by atoms with Gasteiger partial charge in [-0.25, -0.2) is 0 Å². The smallest absolute Gasteiger partial charge is 0.245 e. The van der Waals surface area contributed by atoms with Gasteiger partial charge in [-0.1, -0.05) is 18.5 Å². The number of benzene rings is 1. The number of aromatic amines is 1. The average Bonchev–Trinajstić information content (AvgIpc) is 3.08. The van der Waals surface area contributed by atoms with E-state index in [-0.39, 0.29) is 23.2 Å². The zero-order valence-electron chi connectivity index (χ0n) is 12.6. The molecule has 0 radical (unpaired) electrons. The van der Waals surface area contributed by atoms with Crippen LogP contribution in [0.2, 0.25) is 5.02 Å². The topological polar surface area (TPSA) is 117 Å². The number of nitrogens with one attached hydrogen (secondary N) is 2. The minimum absolute atomic E-state index is 0.0321. The number of fused-ring (bicyclic) bond motifs is 4. The van der Waals surface area contributed by atoms with Gasteiger partial charge in [0.05, 0.1) is 5.56 Å². The lowest BCUT2D eigenvalue weighted by Gasteiger charge is -2.31. The van der Waals surface area contributed by atoms with E-state index in [4.69, 9.17) is 22.1 Å². The van der Waals surface area contributed by atoms with Gasteiger partial charge in [-0.3, -0.25) is 9.89 Å². The van der Waals surface area contributed by atoms with E-state index in [1.165, 1.54) is 0 Å². The van der Waals surface area contributed by atoms with Crippen LogP contribution in [0.3, 0.4) is 0 Å². The van der Waals surface area contributed by atoms with Gasteiger partial charge in [0.2, 0.25) is 17.7 Å². The van der Waals surface area contributed by atoms with Crippen LogP contribution in [0.5, 0.6) is 5.88 Å². The van der Waals surface area contributed by atoms with Gasteiger partial charge in [0.25, 0.3) is 0 Å². The number of nitrogens with two attached hydrogens (primary N) is 1. The molecule has 0 aliphatic carbocycles. The predicted octanol–water partition coefficient (Wildman–Crippen LogP) is 1.95. The first-order chi connectivity index (χ1) is 11.5. The van der Waals surface area contributed by atoms with E-state index in [1.807, 2.05) is 13.0 Å². The second-order valence-electron chi connectivity index (χ2n) is 5.58. The summed E-state index contributed by atoms with van der Waals surface area (Å²) in [6.07, 6.45) is 0.579. The molecular weight excluding hydrogens is 330 g/mol. The summed E-state index contributed by atoms with van der Waals surface area (Å²) in [4.78, 5) is 13.1. The molecule has 0 saturated carbocycles. The molecule has 2 aliphatic heterocycles. The Hall–Kier alpha value is -2.98. The number of aryl methyl sites for hydroxylation is 1. The van der Waals surface area contributed by atoms with Gasteiger partial charge in [0, 0.05) is 22.0 Å². The number of rotatable bonds is 1. The number of aromatic nitrogens is 2. The summed E-state index contributed by atoms with van der Waals surface area (Å²) in [5, 5.41) is 20.0. The highest BCUT2D eigenvalue weighted by Crippen LogP contribution is 2.54. The Morgan fingerprint density at radius 2 is 2.29 bits per heavy atom. The van der Waals surface area contributed by atoms with Crippen LogP contribution >= 0.6 is 11.6 Å². The highest BCUT2D eigenvalue weighted by atomic mass is 35.5. The Morgan fingerprint density at radius 1 is 1.50 bits per heavy atom. The zero-order chi connectivity index (χ0) is 17.1. The molecule has 1 atom stereocenters. The van der Waals surface area contributed by atoms with Gasteiger partial charge in [-0.05, 0) is 24.6 Å². The highest BCUT2D eigenvalue weighted by Gasteiger charge is 2.58. The number of carbonyl (C=O) groups is 1. The fourth-order valence-corrected chi connectivity index (χ4v) is 3.62. The summed E-state index contributed by atoms with van der Waals surface area (Å²) in [5.41, 5.74) is 6.92. The van der Waals surface area contributed by atoms with Crippen molar-refractivity contribution in [3.05, 3.63) is 51.5 Å². The maximum atomic E-state index is 13.1. The Labute approximate surface area is 142 Å². The molecule has 0 unspecified atom stereocenters. The van der Waals surface area contributed by atoms with Crippen LogP contribution in [0.25, 0.3) is 0 Å². The van der Waals surface area contributed by atoms with E-state index in [1.54, 1.807) is 18.2 Å². The van der Waals surface area contributed by atoms with Crippen molar-refractivity contribution in [3.8, 4) is 11.9 Å². The number of carbonyl (C=O) groups excluding carboxylic acids is 1. The fourth-order valence-electron chi connectivity index (χ4n) is 3.45. The predicted molar refractivity (Wildman–Crippen MR) is 86.3 cm³/mol. The maximum absolute atomic E-state index is 13.1. The summed E-state index contributed by atoms with van der Waals surface area (Å²) in [7, 11) is 0. The van der Waals surface area contributed by atoms with Gasteiger partial charge in [-0.2, -0.15) is 5.26 Å². The van der Waals surface area contributed by atoms with Gasteiger partial charge in [-0.15, -0.1) is 5.10 Å². The van der Waals surface area contributed by atoms with Gasteiger partial charge in [0.1, 0.15) is 17.1 Å². The molecule has 0 bridgehead atoms. The third-order valence-electron chi connectivity index (χ3n) is 4.45. The molecule has 2 aromatic rings. The molecule has 8 heteroatoms. The minimum atomic E-state index is -1.41. The van der Waals surface area contributed by atoms with Crippen molar-refractivity contribution in [1.29, 1.82) is 5.26 Å². The molecule has 0 saturated heterocycles. The fraction of sp³-hybridized carbons (Fsp3) is 0.188. The van der Waals surface area contributed by atoms with Crippen molar-refractivity contribution in [2.75, 3.05) is 5.32 Å². The van der Waals surface area contributed by atoms with E-state index < -0.39 is 5.41 Å². The molecule has 1 aromatic carbocycles. The molecule has 1 amide bonds. The summed E-state index contributed by atoms with van der Waals surface area (Å²) in [5.74, 6) is -0.312. The van der Waals surface area contributed by atoms with E-state index in [0.29, 0.717) is 34.0 Å². The standard InChI is InChI=1S/C16H12ClN5O2/c1-2-10-12-14(22-21-10)24-13(19)9(6-18)16(12)8-5-7(17)3-4-11(8)20-15(16)23/h3-5H,2,19H2,1H3,(H,20,23)(H,21,22)/t16-/m0/s1. The first-order valence-corrected chi connectivity index (χ1v) is 7.69. The van der Waals surface area contributed by atoms with Crippen molar-refractivity contribution >= 4 is 23.2 Å². The largest absolute Gasteiger partial charge is 0.420 e. The van der Waals surface area contributed by atoms with Crippen LogP contribution in [0.4, 0.5) is 5.69 Å². The number of hydrogen-bond donors (Lipinski definition) is 3. The lowest BCUT2D eigenvalue weighted by Crippen LogP contribution is -2.42. The second kappa shape index (κ2) is 4.76. The third-order valence-corrected chi connectivity index (χ3v) is 4.69. The molecule has 3 heterocycles. The number of amides is 1. The quantitative estimate of drug-likeness (QED) is 0.733. The average molecular weight is 342 g/mol. The number of ether oxygens (including phenoxy) is 1. The Balaban J connectivity index is 2.17. The number of anilines is 1. The third kappa shape index (κ3) is 1.56.